The van der Waals surface area contributed by atoms with E-state index in [1.54, 1.807) is 11.2 Å². The van der Waals surface area contributed by atoms with Crippen LogP contribution in [0.15, 0.2) is 10.7 Å². The molecular weight excluding hydrogens is 380 g/mol. The molecule has 2 aliphatic heterocycles. The molecule has 0 radical (unpaired) electrons. The summed E-state index contributed by atoms with van der Waals surface area (Å²) < 4.78 is 5.35. The van der Waals surface area contributed by atoms with E-state index in [0.717, 1.165) is 75.1 Å². The van der Waals surface area contributed by atoms with Crippen LogP contribution >= 0.6 is 0 Å². The number of oxazole rings is 1. The third kappa shape index (κ3) is 3.47. The Bertz CT molecular complexity index is 963. The maximum Gasteiger partial charge on any atom is 0.224 e. The van der Waals surface area contributed by atoms with E-state index in [9.17, 15) is 4.79 Å². The minimum atomic E-state index is 0.130. The summed E-state index contributed by atoms with van der Waals surface area (Å²) in [6, 6.07) is 0.130. The van der Waals surface area contributed by atoms with Crippen LogP contribution in [0.4, 0.5) is 5.82 Å². The number of carbonyl (C=O) groups is 1. The molecule has 2 aromatic rings. The molecule has 0 saturated carbocycles. The zero-order valence-electron chi connectivity index (χ0n) is 18.1. The zero-order valence-corrected chi connectivity index (χ0v) is 18.1. The number of likely N-dealkylation sites (N-methyl/N-ethyl adjacent to an activating group) is 1. The van der Waals surface area contributed by atoms with Gasteiger partial charge >= 0.3 is 0 Å². The highest BCUT2D eigenvalue weighted by atomic mass is 16.3. The third-order valence-corrected chi connectivity index (χ3v) is 7.02. The van der Waals surface area contributed by atoms with E-state index in [2.05, 4.69) is 15.2 Å². The molecule has 1 unspecified atom stereocenters. The molecule has 1 spiro atoms. The van der Waals surface area contributed by atoms with Crippen molar-refractivity contribution in [2.45, 2.75) is 64.0 Å². The summed E-state index contributed by atoms with van der Waals surface area (Å²) in [5, 5.41) is 3.57. The van der Waals surface area contributed by atoms with Crippen LogP contribution in [-0.2, 0) is 23.2 Å². The molecule has 3 aliphatic rings. The molecule has 0 bridgehead atoms. The molecular formula is C22H30N6O2. The Labute approximate surface area is 177 Å². The van der Waals surface area contributed by atoms with Crippen LogP contribution in [0.3, 0.4) is 0 Å². The Morgan fingerprint density at radius 3 is 2.67 bits per heavy atom. The van der Waals surface area contributed by atoms with E-state index in [1.165, 1.54) is 11.3 Å². The second-order valence-electron chi connectivity index (χ2n) is 9.18. The number of hydrogen-bond donors (Lipinski definition) is 1. The standard InChI is InChI=1S/C22H30N6O2/c1-14-23-20-18(21(24-14)26-16-10-19(29)27(3)11-16)4-5-22(20)6-8-28(9-7-22)12-17-13-30-15(2)25-17/h13,16H,4-12H2,1-3H3,(H,23,24,26). The third-order valence-electron chi connectivity index (χ3n) is 7.02. The number of piperidine rings is 1. The first-order valence-electron chi connectivity index (χ1n) is 10.9. The highest BCUT2D eigenvalue weighted by Crippen LogP contribution is 2.47. The molecule has 4 heterocycles. The Morgan fingerprint density at radius 1 is 1.20 bits per heavy atom. The maximum atomic E-state index is 11.9. The van der Waals surface area contributed by atoms with E-state index in [-0.39, 0.29) is 17.4 Å². The second-order valence-corrected chi connectivity index (χ2v) is 9.18. The number of rotatable bonds is 4. The van der Waals surface area contributed by atoms with Gasteiger partial charge in [0.1, 0.15) is 17.9 Å². The topological polar surface area (TPSA) is 87.4 Å². The first kappa shape index (κ1) is 19.5. The van der Waals surface area contributed by atoms with Gasteiger partial charge in [-0.15, -0.1) is 0 Å². The van der Waals surface area contributed by atoms with Gasteiger partial charge < -0.3 is 14.6 Å². The van der Waals surface area contributed by atoms with Crippen LogP contribution < -0.4 is 5.32 Å². The number of anilines is 1. The smallest absolute Gasteiger partial charge is 0.224 e. The number of likely N-dealkylation sites (tertiary alicyclic amines) is 2. The number of fused-ring (bicyclic) bond motifs is 2. The fourth-order valence-corrected chi connectivity index (χ4v) is 5.36. The second kappa shape index (κ2) is 7.34. The summed E-state index contributed by atoms with van der Waals surface area (Å²) in [5.41, 5.74) is 3.67. The average molecular weight is 411 g/mol. The summed E-state index contributed by atoms with van der Waals surface area (Å²) in [4.78, 5) is 30.3. The molecule has 1 atom stereocenters. The first-order valence-corrected chi connectivity index (χ1v) is 10.9. The van der Waals surface area contributed by atoms with Crippen molar-refractivity contribution in [3.8, 4) is 0 Å². The van der Waals surface area contributed by atoms with Crippen LogP contribution in [0.5, 0.6) is 0 Å². The number of aryl methyl sites for hydroxylation is 2. The lowest BCUT2D eigenvalue weighted by Gasteiger charge is -2.39. The number of amides is 1. The van der Waals surface area contributed by atoms with Crippen molar-refractivity contribution in [2.24, 2.45) is 0 Å². The quantitative estimate of drug-likeness (QED) is 0.827. The molecule has 0 aromatic carbocycles. The van der Waals surface area contributed by atoms with Crippen molar-refractivity contribution < 1.29 is 9.21 Å². The Balaban J connectivity index is 1.32. The van der Waals surface area contributed by atoms with Crippen LogP contribution in [0, 0.1) is 13.8 Å². The van der Waals surface area contributed by atoms with Gasteiger partial charge in [0.2, 0.25) is 5.91 Å². The fraction of sp³-hybridized carbons (Fsp3) is 0.636. The minimum Gasteiger partial charge on any atom is -0.449 e. The predicted octanol–water partition coefficient (Wildman–Crippen LogP) is 2.20. The zero-order chi connectivity index (χ0) is 20.9. The fourth-order valence-electron chi connectivity index (χ4n) is 5.36. The number of nitrogens with zero attached hydrogens (tertiary/aromatic N) is 5. The van der Waals surface area contributed by atoms with Crippen molar-refractivity contribution in [2.75, 3.05) is 32.0 Å². The summed E-state index contributed by atoms with van der Waals surface area (Å²) in [7, 11) is 1.86. The molecule has 2 fully saturated rings. The van der Waals surface area contributed by atoms with Crippen molar-refractivity contribution in [3.05, 3.63) is 34.9 Å². The summed E-state index contributed by atoms with van der Waals surface area (Å²) in [6.07, 6.45) is 6.67. The number of carbonyl (C=O) groups excluding carboxylic acids is 1. The van der Waals surface area contributed by atoms with Gasteiger partial charge in [0.05, 0.1) is 17.4 Å². The monoisotopic (exact) mass is 410 g/mol. The normalized spacial score (nSPS) is 23.4. The molecule has 30 heavy (non-hydrogen) atoms. The SMILES string of the molecule is Cc1nc(NC2CC(=O)N(C)C2)c2c(n1)C1(CC2)CCN(Cc2coc(C)n2)CC1. The molecule has 1 aliphatic carbocycles. The molecule has 1 N–H and O–H groups in total. The molecule has 8 nitrogen and oxygen atoms in total. The molecule has 8 heteroatoms. The molecule has 2 aromatic heterocycles. The van der Waals surface area contributed by atoms with Crippen molar-refractivity contribution in [1.29, 1.82) is 0 Å². The van der Waals surface area contributed by atoms with E-state index in [0.29, 0.717) is 6.42 Å². The van der Waals surface area contributed by atoms with E-state index < -0.39 is 0 Å². The number of nitrogens with one attached hydrogen (secondary N) is 1. The Morgan fingerprint density at radius 2 is 2.00 bits per heavy atom. The van der Waals surface area contributed by atoms with Crippen LogP contribution in [0.1, 0.15) is 54.3 Å². The van der Waals surface area contributed by atoms with E-state index in [4.69, 9.17) is 14.4 Å². The lowest BCUT2D eigenvalue weighted by Crippen LogP contribution is -2.41. The summed E-state index contributed by atoms with van der Waals surface area (Å²) in [6.45, 7) is 7.53. The highest BCUT2D eigenvalue weighted by molar-refractivity contribution is 5.79. The largest absolute Gasteiger partial charge is 0.449 e. The molecule has 5 rings (SSSR count). The maximum absolute atomic E-state index is 11.9. The van der Waals surface area contributed by atoms with E-state index >= 15 is 0 Å². The van der Waals surface area contributed by atoms with Gasteiger partial charge in [0.15, 0.2) is 5.89 Å². The number of aromatic nitrogens is 3. The highest BCUT2D eigenvalue weighted by Gasteiger charge is 2.44. The predicted molar refractivity (Wildman–Crippen MR) is 112 cm³/mol. The number of hydrogen-bond acceptors (Lipinski definition) is 7. The van der Waals surface area contributed by atoms with Gasteiger partial charge in [-0.25, -0.2) is 15.0 Å². The Kier molecular flexibility index (Phi) is 4.76. The van der Waals surface area contributed by atoms with Crippen molar-refractivity contribution in [1.82, 2.24) is 24.8 Å². The first-order chi connectivity index (χ1) is 14.4. The lowest BCUT2D eigenvalue weighted by molar-refractivity contribution is -0.126. The average Bonchev–Trinajstić information content (AvgIpc) is 3.36. The van der Waals surface area contributed by atoms with Gasteiger partial charge in [-0.3, -0.25) is 9.69 Å². The van der Waals surface area contributed by atoms with Gasteiger partial charge in [-0.2, -0.15) is 0 Å². The minimum absolute atomic E-state index is 0.130. The summed E-state index contributed by atoms with van der Waals surface area (Å²) >= 11 is 0. The van der Waals surface area contributed by atoms with Gasteiger partial charge in [-0.1, -0.05) is 0 Å². The van der Waals surface area contributed by atoms with Crippen molar-refractivity contribution in [3.63, 3.8) is 0 Å². The lowest BCUT2D eigenvalue weighted by atomic mass is 9.76. The Hall–Kier alpha value is -2.48. The van der Waals surface area contributed by atoms with Crippen LogP contribution in [0.2, 0.25) is 0 Å². The van der Waals surface area contributed by atoms with Crippen LogP contribution in [-0.4, -0.2) is 63.4 Å². The van der Waals surface area contributed by atoms with Gasteiger partial charge in [0, 0.05) is 44.5 Å². The molecule has 2 saturated heterocycles. The van der Waals surface area contributed by atoms with Crippen molar-refractivity contribution >= 4 is 11.7 Å². The van der Waals surface area contributed by atoms with Gasteiger partial charge in [-0.05, 0) is 45.7 Å². The summed E-state index contributed by atoms with van der Waals surface area (Å²) in [5.74, 6) is 2.69. The molecule has 1 amide bonds. The molecule has 160 valence electrons. The van der Waals surface area contributed by atoms with Gasteiger partial charge in [0.25, 0.3) is 0 Å². The van der Waals surface area contributed by atoms with E-state index in [1.807, 2.05) is 20.9 Å². The van der Waals surface area contributed by atoms with Crippen LogP contribution in [0.25, 0.3) is 0 Å².